The molecule has 4 rings (SSSR count). The molecule has 220 valence electrons. The molecule has 0 saturated carbocycles. The number of hydrogen-bond acceptors (Lipinski definition) is 7. The Morgan fingerprint density at radius 1 is 1.12 bits per heavy atom. The third-order valence-corrected chi connectivity index (χ3v) is 7.85. The summed E-state index contributed by atoms with van der Waals surface area (Å²) in [5.41, 5.74) is 1.01. The standard InChI is InChI=1S/C28H37ClN8O3S/c1-18(2)23-26-32-25(19-9-6-5-7-10-19)34-37(26)15-14-36(28(40)24-20(29)17-35(3)33-24)13-8-11-22(38)30-21(12-16-41-4)27(39)31-23/h5-7,9-10,17-18,21,23H,8,11-16H2,1-4H3,(H,30,38)(H,31,39)/t21-,23+/m0/s1. The van der Waals surface area contributed by atoms with Crippen molar-refractivity contribution in [3.05, 3.63) is 53.1 Å². The van der Waals surface area contributed by atoms with Crippen molar-refractivity contribution in [1.29, 1.82) is 0 Å². The lowest BCUT2D eigenvalue weighted by Crippen LogP contribution is -2.49. The highest BCUT2D eigenvalue weighted by molar-refractivity contribution is 7.98. The first kappa shape index (κ1) is 30.6. The Kier molecular flexibility index (Phi) is 10.4. The van der Waals surface area contributed by atoms with Gasteiger partial charge in [0.05, 0.1) is 17.6 Å². The fourth-order valence-corrected chi connectivity index (χ4v) is 5.46. The van der Waals surface area contributed by atoms with E-state index < -0.39 is 12.1 Å². The van der Waals surface area contributed by atoms with Crippen molar-refractivity contribution in [3.8, 4) is 11.4 Å². The van der Waals surface area contributed by atoms with Crippen LogP contribution < -0.4 is 10.6 Å². The molecule has 1 aliphatic heterocycles. The van der Waals surface area contributed by atoms with Gasteiger partial charge >= 0.3 is 0 Å². The van der Waals surface area contributed by atoms with Crippen LogP contribution in [0.15, 0.2) is 36.5 Å². The Bertz CT molecular complexity index is 1360. The molecule has 0 saturated heterocycles. The number of carbonyl (C=O) groups is 3. The zero-order valence-electron chi connectivity index (χ0n) is 23.8. The van der Waals surface area contributed by atoms with E-state index in [-0.39, 0.29) is 47.3 Å². The van der Waals surface area contributed by atoms with Crippen LogP contribution in [0.2, 0.25) is 5.02 Å². The second-order valence-corrected chi connectivity index (χ2v) is 11.8. The summed E-state index contributed by atoms with van der Waals surface area (Å²) < 4.78 is 3.27. The summed E-state index contributed by atoms with van der Waals surface area (Å²) in [5.74, 6) is 1.000. The van der Waals surface area contributed by atoms with Crippen LogP contribution in [0.1, 0.15) is 55.5 Å². The fourth-order valence-electron chi connectivity index (χ4n) is 4.73. The number of hydrogen-bond donors (Lipinski definition) is 2. The van der Waals surface area contributed by atoms with Gasteiger partial charge in [0.2, 0.25) is 11.8 Å². The van der Waals surface area contributed by atoms with Gasteiger partial charge in [-0.05, 0) is 30.8 Å². The maximum absolute atomic E-state index is 13.5. The lowest BCUT2D eigenvalue weighted by Gasteiger charge is -2.27. The van der Waals surface area contributed by atoms with Gasteiger partial charge in [0.15, 0.2) is 17.3 Å². The van der Waals surface area contributed by atoms with Crippen molar-refractivity contribution >= 4 is 41.1 Å². The van der Waals surface area contributed by atoms with E-state index in [0.29, 0.717) is 43.3 Å². The molecular formula is C28H37ClN8O3S. The number of carbonyl (C=O) groups excluding carboxylic acids is 3. The van der Waals surface area contributed by atoms with E-state index in [2.05, 4.69) is 15.7 Å². The largest absolute Gasteiger partial charge is 0.344 e. The minimum atomic E-state index is -0.686. The molecule has 13 heteroatoms. The number of aromatic nitrogens is 5. The zero-order valence-corrected chi connectivity index (χ0v) is 25.4. The maximum Gasteiger partial charge on any atom is 0.275 e. The summed E-state index contributed by atoms with van der Waals surface area (Å²) in [7, 11) is 1.70. The summed E-state index contributed by atoms with van der Waals surface area (Å²) in [5, 5.41) is 15.4. The van der Waals surface area contributed by atoms with Gasteiger partial charge in [-0.1, -0.05) is 55.8 Å². The SMILES string of the molecule is CSCC[C@@H]1NC(=O)CCCN(C(=O)c2nn(C)cc2Cl)CCn2nc(-c3ccccc3)nc2[C@@H](C(C)C)NC1=O. The number of aryl methyl sites for hydroxylation is 1. The van der Waals surface area contributed by atoms with E-state index in [1.54, 1.807) is 34.6 Å². The van der Waals surface area contributed by atoms with E-state index in [4.69, 9.17) is 21.7 Å². The number of benzene rings is 1. The molecule has 0 aliphatic carbocycles. The molecule has 0 spiro atoms. The number of halogens is 1. The Hall–Kier alpha value is -3.38. The lowest BCUT2D eigenvalue weighted by molar-refractivity contribution is -0.129. The van der Waals surface area contributed by atoms with E-state index in [9.17, 15) is 14.4 Å². The molecule has 3 aromatic rings. The quantitative estimate of drug-likeness (QED) is 0.444. The van der Waals surface area contributed by atoms with Crippen LogP contribution in [0.5, 0.6) is 0 Å². The van der Waals surface area contributed by atoms with Gasteiger partial charge in [0, 0.05) is 38.3 Å². The second-order valence-electron chi connectivity index (χ2n) is 10.4. The van der Waals surface area contributed by atoms with Gasteiger partial charge in [-0.25, -0.2) is 9.67 Å². The maximum atomic E-state index is 13.5. The van der Waals surface area contributed by atoms with Gasteiger partial charge in [-0.15, -0.1) is 0 Å². The van der Waals surface area contributed by atoms with Crippen molar-refractivity contribution in [2.75, 3.05) is 25.1 Å². The third-order valence-electron chi connectivity index (χ3n) is 6.92. The van der Waals surface area contributed by atoms with E-state index in [1.807, 2.05) is 50.4 Å². The van der Waals surface area contributed by atoms with Crippen LogP contribution in [0.3, 0.4) is 0 Å². The third kappa shape index (κ3) is 7.68. The number of rotatable bonds is 6. The number of amides is 3. The predicted octanol–water partition coefficient (Wildman–Crippen LogP) is 3.32. The van der Waals surface area contributed by atoms with Crippen LogP contribution in [-0.4, -0.2) is 78.3 Å². The summed E-state index contributed by atoms with van der Waals surface area (Å²) in [6, 6.07) is 8.47. The molecule has 2 aromatic heterocycles. The molecule has 3 amide bonds. The summed E-state index contributed by atoms with van der Waals surface area (Å²) in [4.78, 5) is 46.5. The topological polar surface area (TPSA) is 127 Å². The van der Waals surface area contributed by atoms with Crippen molar-refractivity contribution in [2.45, 2.75) is 51.7 Å². The molecule has 2 N–H and O–H groups in total. The van der Waals surface area contributed by atoms with Crippen LogP contribution in [0.25, 0.3) is 11.4 Å². The molecule has 41 heavy (non-hydrogen) atoms. The number of nitrogens with one attached hydrogen (secondary N) is 2. The van der Waals surface area contributed by atoms with E-state index in [0.717, 1.165) is 5.56 Å². The normalized spacial score (nSPS) is 18.9. The van der Waals surface area contributed by atoms with Gasteiger partial charge in [0.1, 0.15) is 6.04 Å². The van der Waals surface area contributed by atoms with Crippen molar-refractivity contribution in [2.24, 2.45) is 13.0 Å². The molecule has 1 aromatic carbocycles. The highest BCUT2D eigenvalue weighted by atomic mass is 35.5. The first-order chi connectivity index (χ1) is 19.7. The van der Waals surface area contributed by atoms with Gasteiger partial charge in [-0.3, -0.25) is 19.1 Å². The van der Waals surface area contributed by atoms with Gasteiger partial charge < -0.3 is 15.5 Å². The van der Waals surface area contributed by atoms with Crippen molar-refractivity contribution < 1.29 is 14.4 Å². The van der Waals surface area contributed by atoms with E-state index >= 15 is 0 Å². The summed E-state index contributed by atoms with van der Waals surface area (Å²) in [6.45, 7) is 4.93. The Labute approximate surface area is 249 Å². The zero-order chi connectivity index (χ0) is 29.5. The second kappa shape index (κ2) is 14.0. The van der Waals surface area contributed by atoms with Gasteiger partial charge in [0.25, 0.3) is 5.91 Å². The number of thioether (sulfide) groups is 1. The molecule has 0 radical (unpaired) electrons. The highest BCUT2D eigenvalue weighted by Crippen LogP contribution is 2.25. The smallest absolute Gasteiger partial charge is 0.275 e. The molecule has 3 heterocycles. The Balaban J connectivity index is 1.74. The Morgan fingerprint density at radius 2 is 1.88 bits per heavy atom. The predicted molar refractivity (Wildman–Crippen MR) is 159 cm³/mol. The van der Waals surface area contributed by atoms with Crippen molar-refractivity contribution in [3.63, 3.8) is 0 Å². The minimum Gasteiger partial charge on any atom is -0.344 e. The first-order valence-corrected chi connectivity index (χ1v) is 15.5. The van der Waals surface area contributed by atoms with Crippen LogP contribution in [-0.2, 0) is 23.2 Å². The summed E-state index contributed by atoms with van der Waals surface area (Å²) >= 11 is 7.93. The van der Waals surface area contributed by atoms with Crippen LogP contribution >= 0.6 is 23.4 Å². The van der Waals surface area contributed by atoms with Crippen LogP contribution in [0.4, 0.5) is 0 Å². The number of fused-ring (bicyclic) bond motifs is 1. The average Bonchev–Trinajstić information content (AvgIpc) is 3.52. The minimum absolute atomic E-state index is 0.0274. The molecular weight excluding hydrogens is 564 g/mol. The Morgan fingerprint density at radius 3 is 2.54 bits per heavy atom. The molecule has 0 unspecified atom stereocenters. The average molecular weight is 601 g/mol. The van der Waals surface area contributed by atoms with Crippen LogP contribution in [0, 0.1) is 5.92 Å². The van der Waals surface area contributed by atoms with Crippen molar-refractivity contribution in [1.82, 2.24) is 40.1 Å². The van der Waals surface area contributed by atoms with Gasteiger partial charge in [-0.2, -0.15) is 22.0 Å². The molecule has 1 aliphatic rings. The number of nitrogens with zero attached hydrogens (tertiary/aromatic N) is 6. The van der Waals surface area contributed by atoms with E-state index in [1.165, 1.54) is 4.68 Å². The lowest BCUT2D eigenvalue weighted by atomic mass is 10.0. The fraction of sp³-hybridized carbons (Fsp3) is 0.500. The molecule has 0 bridgehead atoms. The monoisotopic (exact) mass is 600 g/mol. The highest BCUT2D eigenvalue weighted by Gasteiger charge is 2.30. The molecule has 2 atom stereocenters. The molecule has 0 fully saturated rings. The molecule has 11 nitrogen and oxygen atoms in total. The first-order valence-electron chi connectivity index (χ1n) is 13.7. The summed E-state index contributed by atoms with van der Waals surface area (Å²) in [6.07, 6.45) is 4.62.